The number of amides is 1. The number of nitrogens with zero attached hydrogens (tertiary/aromatic N) is 1. The maximum Gasteiger partial charge on any atom is 0.305 e. The van der Waals surface area contributed by atoms with Crippen LogP contribution >= 0.6 is 11.6 Å². The van der Waals surface area contributed by atoms with Crippen molar-refractivity contribution < 1.29 is 18.5 Å². The summed E-state index contributed by atoms with van der Waals surface area (Å²) >= 11 is 5.49. The van der Waals surface area contributed by atoms with Crippen LogP contribution < -0.4 is 5.73 Å². The van der Waals surface area contributed by atoms with Crippen LogP contribution in [-0.4, -0.2) is 16.2 Å². The molecule has 0 heterocycles. The summed E-state index contributed by atoms with van der Waals surface area (Å²) in [4.78, 5) is 20.1. The Hall–Kier alpha value is -1.76. The van der Waals surface area contributed by atoms with Gasteiger partial charge in [0.15, 0.2) is 0 Å². The smallest absolute Gasteiger partial charge is 0.305 e. The monoisotopic (exact) mass is 264 g/mol. The average Bonchev–Trinajstić information content (AvgIpc) is 2.21. The number of halogens is 3. The Labute approximate surface area is 99.3 Å². The van der Waals surface area contributed by atoms with Crippen molar-refractivity contribution in [3.05, 3.63) is 39.4 Å². The fourth-order valence-electron chi connectivity index (χ4n) is 1.17. The van der Waals surface area contributed by atoms with Crippen LogP contribution in [0.1, 0.15) is 5.56 Å². The minimum Gasteiger partial charge on any atom is -0.368 e. The molecule has 0 aliphatic rings. The lowest BCUT2D eigenvalue weighted by atomic mass is 10.1. The van der Waals surface area contributed by atoms with Gasteiger partial charge in [-0.3, -0.25) is 14.9 Å². The highest BCUT2D eigenvalue weighted by Crippen LogP contribution is 2.23. The Morgan fingerprint density at radius 2 is 2.06 bits per heavy atom. The van der Waals surface area contributed by atoms with E-state index in [9.17, 15) is 23.7 Å². The summed E-state index contributed by atoms with van der Waals surface area (Å²) in [7, 11) is 0. The van der Waals surface area contributed by atoms with Gasteiger partial charge >= 0.3 is 5.69 Å². The van der Waals surface area contributed by atoms with Crippen molar-refractivity contribution in [2.24, 2.45) is 5.73 Å². The molecule has 1 aromatic carbocycles. The standard InChI is InChI=1S/C9H7ClF2N2O3/c10-5(9(13)15)1-4-2-8(14(16)17)7(12)3-6(4)11/h2-3,5H,1H2,(H2,13,15). The minimum atomic E-state index is -1.29. The predicted octanol–water partition coefficient (Wildman–Crippen LogP) is 1.51. The van der Waals surface area contributed by atoms with E-state index < -0.39 is 33.5 Å². The first-order valence-electron chi connectivity index (χ1n) is 4.38. The van der Waals surface area contributed by atoms with Gasteiger partial charge < -0.3 is 5.73 Å². The lowest BCUT2D eigenvalue weighted by molar-refractivity contribution is -0.387. The van der Waals surface area contributed by atoms with E-state index >= 15 is 0 Å². The third-order valence-corrected chi connectivity index (χ3v) is 2.39. The van der Waals surface area contributed by atoms with Gasteiger partial charge in [-0.1, -0.05) is 0 Å². The molecule has 1 aromatic rings. The largest absolute Gasteiger partial charge is 0.368 e. The van der Waals surface area contributed by atoms with E-state index in [2.05, 4.69) is 0 Å². The maximum atomic E-state index is 13.2. The lowest BCUT2D eigenvalue weighted by Crippen LogP contribution is -2.25. The highest BCUT2D eigenvalue weighted by atomic mass is 35.5. The van der Waals surface area contributed by atoms with Crippen LogP contribution in [0.25, 0.3) is 0 Å². The van der Waals surface area contributed by atoms with E-state index in [0.717, 1.165) is 0 Å². The minimum absolute atomic E-state index is 0.239. The number of nitro benzene ring substituents is 1. The number of hydrogen-bond donors (Lipinski definition) is 1. The molecule has 17 heavy (non-hydrogen) atoms. The number of nitro groups is 1. The van der Waals surface area contributed by atoms with Crippen LogP contribution in [0.3, 0.4) is 0 Å². The summed E-state index contributed by atoms with van der Waals surface area (Å²) in [5.74, 6) is -3.19. The van der Waals surface area contributed by atoms with Crippen LogP contribution in [0.5, 0.6) is 0 Å². The lowest BCUT2D eigenvalue weighted by Gasteiger charge is -2.06. The van der Waals surface area contributed by atoms with Crippen LogP contribution in [0.4, 0.5) is 14.5 Å². The van der Waals surface area contributed by atoms with Crippen LogP contribution in [-0.2, 0) is 11.2 Å². The second-order valence-electron chi connectivity index (χ2n) is 3.23. The van der Waals surface area contributed by atoms with E-state index in [1.165, 1.54) is 0 Å². The first-order chi connectivity index (χ1) is 7.82. The Kier molecular flexibility index (Phi) is 3.95. The summed E-state index contributed by atoms with van der Waals surface area (Å²) in [5.41, 5.74) is 3.74. The molecule has 0 saturated heterocycles. The zero-order valence-electron chi connectivity index (χ0n) is 8.32. The Balaban J connectivity index is 3.12. The molecule has 0 fully saturated rings. The van der Waals surface area contributed by atoms with Gasteiger partial charge in [-0.25, -0.2) is 4.39 Å². The van der Waals surface area contributed by atoms with Gasteiger partial charge in [0.2, 0.25) is 11.7 Å². The summed E-state index contributed by atoms with van der Waals surface area (Å²) in [6, 6.07) is 1.07. The Morgan fingerprint density at radius 3 is 2.53 bits per heavy atom. The third kappa shape index (κ3) is 3.10. The molecule has 1 unspecified atom stereocenters. The second kappa shape index (κ2) is 5.05. The number of rotatable bonds is 4. The molecule has 0 aromatic heterocycles. The molecular formula is C9H7ClF2N2O3. The summed E-state index contributed by atoms with van der Waals surface area (Å²) < 4.78 is 26.2. The highest BCUT2D eigenvalue weighted by molar-refractivity contribution is 6.30. The van der Waals surface area contributed by atoms with Gasteiger partial charge in [0.25, 0.3) is 0 Å². The van der Waals surface area contributed by atoms with Crippen molar-refractivity contribution in [2.75, 3.05) is 0 Å². The zero-order valence-corrected chi connectivity index (χ0v) is 9.08. The summed E-state index contributed by atoms with van der Waals surface area (Å²) in [6.07, 6.45) is -0.343. The maximum absolute atomic E-state index is 13.2. The molecule has 0 aliphatic heterocycles. The molecule has 0 aliphatic carbocycles. The molecule has 0 spiro atoms. The Bertz CT molecular complexity index is 482. The van der Waals surface area contributed by atoms with E-state index in [4.69, 9.17) is 17.3 Å². The van der Waals surface area contributed by atoms with Crippen molar-refractivity contribution in [1.29, 1.82) is 0 Å². The molecule has 92 valence electrons. The molecular weight excluding hydrogens is 258 g/mol. The number of benzene rings is 1. The Morgan fingerprint density at radius 1 is 1.47 bits per heavy atom. The average molecular weight is 265 g/mol. The van der Waals surface area contributed by atoms with Gasteiger partial charge in [-0.15, -0.1) is 11.6 Å². The molecule has 0 saturated carbocycles. The molecule has 8 heteroatoms. The quantitative estimate of drug-likeness (QED) is 0.508. The first kappa shape index (κ1) is 13.3. The SMILES string of the molecule is NC(=O)C(Cl)Cc1cc([N+](=O)[O-])c(F)cc1F. The van der Waals surface area contributed by atoms with Gasteiger partial charge in [-0.05, 0) is 5.56 Å². The molecule has 5 nitrogen and oxygen atoms in total. The van der Waals surface area contributed by atoms with Crippen LogP contribution in [0.15, 0.2) is 12.1 Å². The van der Waals surface area contributed by atoms with Gasteiger partial charge in [0.1, 0.15) is 11.2 Å². The third-order valence-electron chi connectivity index (χ3n) is 2.02. The van der Waals surface area contributed by atoms with E-state index in [-0.39, 0.29) is 12.0 Å². The van der Waals surface area contributed by atoms with E-state index in [1.807, 2.05) is 0 Å². The van der Waals surface area contributed by atoms with Crippen molar-refractivity contribution >= 4 is 23.2 Å². The number of hydrogen-bond acceptors (Lipinski definition) is 3. The number of carbonyl (C=O) groups excluding carboxylic acids is 1. The van der Waals surface area contributed by atoms with Crippen LogP contribution in [0.2, 0.25) is 0 Å². The highest BCUT2D eigenvalue weighted by Gasteiger charge is 2.21. The fourth-order valence-corrected chi connectivity index (χ4v) is 1.34. The molecule has 2 N–H and O–H groups in total. The molecule has 1 atom stereocenters. The van der Waals surface area contributed by atoms with Gasteiger partial charge in [-0.2, -0.15) is 4.39 Å². The molecule has 1 amide bonds. The second-order valence-corrected chi connectivity index (χ2v) is 3.75. The number of nitrogens with two attached hydrogens (primary N) is 1. The molecule has 0 radical (unpaired) electrons. The van der Waals surface area contributed by atoms with Crippen LogP contribution in [0, 0.1) is 21.7 Å². The normalized spacial score (nSPS) is 12.2. The van der Waals surface area contributed by atoms with Crippen molar-refractivity contribution in [1.82, 2.24) is 0 Å². The van der Waals surface area contributed by atoms with Crippen molar-refractivity contribution in [3.8, 4) is 0 Å². The summed E-state index contributed by atoms with van der Waals surface area (Å²) in [6.45, 7) is 0. The number of alkyl halides is 1. The van der Waals surface area contributed by atoms with E-state index in [1.54, 1.807) is 0 Å². The zero-order chi connectivity index (χ0) is 13.2. The van der Waals surface area contributed by atoms with E-state index in [0.29, 0.717) is 12.1 Å². The van der Waals surface area contributed by atoms with Crippen molar-refractivity contribution in [2.45, 2.75) is 11.8 Å². The predicted molar refractivity (Wildman–Crippen MR) is 55.6 cm³/mol. The molecule has 0 bridgehead atoms. The summed E-state index contributed by atoms with van der Waals surface area (Å²) in [5, 5.41) is 9.21. The fraction of sp³-hybridized carbons (Fsp3) is 0.222. The van der Waals surface area contributed by atoms with Gasteiger partial charge in [0, 0.05) is 18.6 Å². The van der Waals surface area contributed by atoms with Crippen molar-refractivity contribution in [3.63, 3.8) is 0 Å². The van der Waals surface area contributed by atoms with Gasteiger partial charge in [0.05, 0.1) is 4.92 Å². The number of primary amides is 1. The topological polar surface area (TPSA) is 86.2 Å². The first-order valence-corrected chi connectivity index (χ1v) is 4.82. The molecule has 1 rings (SSSR count). The number of carbonyl (C=O) groups is 1.